The molecule has 3 atom stereocenters. The number of rotatable bonds is 3. The molecule has 1 aromatic carbocycles. The van der Waals surface area contributed by atoms with Crippen LogP contribution in [0.5, 0.6) is 0 Å². The predicted molar refractivity (Wildman–Crippen MR) is 110 cm³/mol. The van der Waals surface area contributed by atoms with Gasteiger partial charge in [-0.15, -0.1) is 0 Å². The number of amides is 2. The van der Waals surface area contributed by atoms with E-state index >= 15 is 0 Å². The maximum absolute atomic E-state index is 13.2. The van der Waals surface area contributed by atoms with Crippen LogP contribution in [0.3, 0.4) is 0 Å². The number of anilines is 2. The summed E-state index contributed by atoms with van der Waals surface area (Å²) in [4.78, 5) is 27.1. The van der Waals surface area contributed by atoms with Crippen LogP contribution in [-0.2, 0) is 9.59 Å². The average molecular weight is 372 g/mol. The van der Waals surface area contributed by atoms with Gasteiger partial charge in [-0.05, 0) is 43.2 Å². The Morgan fingerprint density at radius 1 is 1.22 bits per heavy atom. The summed E-state index contributed by atoms with van der Waals surface area (Å²) in [6.07, 6.45) is 5.16. The second-order valence-electron chi connectivity index (χ2n) is 9.13. The summed E-state index contributed by atoms with van der Waals surface area (Å²) in [5, 5.41) is 6.48. The van der Waals surface area contributed by atoms with Gasteiger partial charge in [-0.25, -0.2) is 0 Å². The predicted octanol–water partition coefficient (Wildman–Crippen LogP) is 3.94. The molecule has 2 aliphatic rings. The second kappa shape index (κ2) is 8.01. The van der Waals surface area contributed by atoms with Crippen LogP contribution in [-0.4, -0.2) is 30.4 Å². The van der Waals surface area contributed by atoms with Crippen molar-refractivity contribution in [2.45, 2.75) is 71.9 Å². The largest absolute Gasteiger partial charge is 0.324 e. The SMILES string of the molecule is CC1CC(=O)Nc2ccccc2N1C(=O)CNC1CCCCC1C(C)(C)C. The van der Waals surface area contributed by atoms with Crippen LogP contribution in [0.2, 0.25) is 0 Å². The molecule has 3 unspecified atom stereocenters. The molecule has 1 saturated carbocycles. The van der Waals surface area contributed by atoms with Crippen LogP contribution >= 0.6 is 0 Å². The normalized spacial score (nSPS) is 26.1. The Hall–Kier alpha value is -1.88. The van der Waals surface area contributed by atoms with Crippen LogP contribution < -0.4 is 15.5 Å². The summed E-state index contributed by atoms with van der Waals surface area (Å²) in [7, 11) is 0. The maximum atomic E-state index is 13.2. The minimum absolute atomic E-state index is 0.0321. The highest BCUT2D eigenvalue weighted by molar-refractivity contribution is 6.04. The molecule has 1 fully saturated rings. The van der Waals surface area contributed by atoms with Crippen molar-refractivity contribution in [2.24, 2.45) is 11.3 Å². The van der Waals surface area contributed by atoms with Crippen molar-refractivity contribution in [1.82, 2.24) is 5.32 Å². The molecule has 5 nitrogen and oxygen atoms in total. The Morgan fingerprint density at radius 3 is 2.67 bits per heavy atom. The van der Waals surface area contributed by atoms with E-state index in [0.717, 1.165) is 12.1 Å². The van der Waals surface area contributed by atoms with Gasteiger partial charge in [0.1, 0.15) is 0 Å². The Bertz CT molecular complexity index is 695. The van der Waals surface area contributed by atoms with E-state index in [0.29, 0.717) is 30.6 Å². The van der Waals surface area contributed by atoms with E-state index in [1.165, 1.54) is 19.3 Å². The average Bonchev–Trinajstić information content (AvgIpc) is 2.73. The van der Waals surface area contributed by atoms with Gasteiger partial charge < -0.3 is 15.5 Å². The first kappa shape index (κ1) is 19.9. The molecule has 0 aromatic heterocycles. The fraction of sp³-hybridized carbons (Fsp3) is 0.636. The summed E-state index contributed by atoms with van der Waals surface area (Å²) in [6.45, 7) is 9.14. The molecule has 5 heteroatoms. The number of benzene rings is 1. The zero-order valence-corrected chi connectivity index (χ0v) is 17.0. The minimum atomic E-state index is -0.160. The van der Waals surface area contributed by atoms with Crippen molar-refractivity contribution in [3.8, 4) is 0 Å². The van der Waals surface area contributed by atoms with E-state index in [4.69, 9.17) is 0 Å². The number of nitrogens with zero attached hydrogens (tertiary/aromatic N) is 1. The summed E-state index contributed by atoms with van der Waals surface area (Å²) < 4.78 is 0. The number of carbonyl (C=O) groups is 2. The zero-order chi connectivity index (χ0) is 19.6. The molecule has 1 aliphatic heterocycles. The number of hydrogen-bond acceptors (Lipinski definition) is 3. The molecule has 0 spiro atoms. The molecule has 1 aromatic rings. The van der Waals surface area contributed by atoms with Crippen molar-refractivity contribution in [1.29, 1.82) is 0 Å². The summed E-state index contributed by atoms with van der Waals surface area (Å²) in [5.41, 5.74) is 1.74. The number of para-hydroxylation sites is 2. The van der Waals surface area contributed by atoms with E-state index in [1.807, 2.05) is 31.2 Å². The van der Waals surface area contributed by atoms with E-state index in [-0.39, 0.29) is 23.3 Å². The number of hydrogen-bond donors (Lipinski definition) is 2. The van der Waals surface area contributed by atoms with Crippen molar-refractivity contribution in [2.75, 3.05) is 16.8 Å². The molecule has 27 heavy (non-hydrogen) atoms. The Labute approximate surface area is 162 Å². The van der Waals surface area contributed by atoms with Crippen molar-refractivity contribution >= 4 is 23.2 Å². The molecular weight excluding hydrogens is 338 g/mol. The second-order valence-corrected chi connectivity index (χ2v) is 9.13. The Morgan fingerprint density at radius 2 is 1.93 bits per heavy atom. The first-order valence-corrected chi connectivity index (χ1v) is 10.2. The van der Waals surface area contributed by atoms with Gasteiger partial charge >= 0.3 is 0 Å². The molecular formula is C22H33N3O2. The van der Waals surface area contributed by atoms with Crippen LogP contribution in [0.4, 0.5) is 11.4 Å². The van der Waals surface area contributed by atoms with Gasteiger partial charge in [0, 0.05) is 18.5 Å². The molecule has 1 aliphatic carbocycles. The van der Waals surface area contributed by atoms with Gasteiger partial charge in [0.2, 0.25) is 11.8 Å². The van der Waals surface area contributed by atoms with Crippen LogP contribution in [0.25, 0.3) is 0 Å². The van der Waals surface area contributed by atoms with E-state index < -0.39 is 0 Å². The molecule has 148 valence electrons. The number of carbonyl (C=O) groups excluding carboxylic acids is 2. The van der Waals surface area contributed by atoms with Crippen molar-refractivity contribution in [3.05, 3.63) is 24.3 Å². The Kier molecular flexibility index (Phi) is 5.89. The smallest absolute Gasteiger partial charge is 0.241 e. The molecule has 3 rings (SSSR count). The lowest BCUT2D eigenvalue weighted by molar-refractivity contribution is -0.119. The van der Waals surface area contributed by atoms with Gasteiger partial charge in [0.15, 0.2) is 0 Å². The van der Waals surface area contributed by atoms with Crippen molar-refractivity contribution in [3.63, 3.8) is 0 Å². The highest BCUT2D eigenvalue weighted by Gasteiger charge is 2.35. The summed E-state index contributed by atoms with van der Waals surface area (Å²) in [5.74, 6) is 0.569. The molecule has 2 amide bonds. The van der Waals surface area contributed by atoms with E-state index in [1.54, 1.807) is 4.90 Å². The fourth-order valence-corrected chi connectivity index (χ4v) is 4.68. The third-order valence-corrected chi connectivity index (χ3v) is 6.02. The third-order valence-electron chi connectivity index (χ3n) is 6.02. The maximum Gasteiger partial charge on any atom is 0.241 e. The molecule has 1 heterocycles. The van der Waals surface area contributed by atoms with Gasteiger partial charge in [0.25, 0.3) is 0 Å². The molecule has 0 radical (unpaired) electrons. The van der Waals surface area contributed by atoms with Crippen LogP contribution in [0.15, 0.2) is 24.3 Å². The number of nitrogens with one attached hydrogen (secondary N) is 2. The lowest BCUT2D eigenvalue weighted by Gasteiger charge is -2.41. The lowest BCUT2D eigenvalue weighted by atomic mass is 9.69. The van der Waals surface area contributed by atoms with Gasteiger partial charge in [0.05, 0.1) is 17.9 Å². The Balaban J connectivity index is 1.74. The molecule has 0 saturated heterocycles. The first-order chi connectivity index (χ1) is 12.8. The minimum Gasteiger partial charge on any atom is -0.324 e. The quantitative estimate of drug-likeness (QED) is 0.846. The fourth-order valence-electron chi connectivity index (χ4n) is 4.68. The van der Waals surface area contributed by atoms with E-state index in [2.05, 4.69) is 31.4 Å². The number of fused-ring (bicyclic) bond motifs is 1. The van der Waals surface area contributed by atoms with Crippen molar-refractivity contribution < 1.29 is 9.59 Å². The van der Waals surface area contributed by atoms with Gasteiger partial charge in [-0.1, -0.05) is 45.7 Å². The first-order valence-electron chi connectivity index (χ1n) is 10.2. The highest BCUT2D eigenvalue weighted by Crippen LogP contribution is 2.38. The van der Waals surface area contributed by atoms with Gasteiger partial charge in [-0.2, -0.15) is 0 Å². The topological polar surface area (TPSA) is 61.4 Å². The lowest BCUT2D eigenvalue weighted by Crippen LogP contribution is -2.50. The van der Waals surface area contributed by atoms with Crippen LogP contribution in [0, 0.1) is 11.3 Å². The summed E-state index contributed by atoms with van der Waals surface area (Å²) >= 11 is 0. The van der Waals surface area contributed by atoms with Gasteiger partial charge in [-0.3, -0.25) is 9.59 Å². The molecule has 0 bridgehead atoms. The van der Waals surface area contributed by atoms with Crippen LogP contribution in [0.1, 0.15) is 59.8 Å². The third kappa shape index (κ3) is 4.52. The standard InChI is InChI=1S/C22H33N3O2/c1-15-13-20(26)24-18-11-7-8-12-19(18)25(15)21(27)14-23-17-10-6-5-9-16(17)22(2,3)4/h7-8,11-12,15-17,23H,5-6,9-10,13-14H2,1-4H3,(H,24,26). The summed E-state index contributed by atoms with van der Waals surface area (Å²) in [6, 6.07) is 7.77. The zero-order valence-electron chi connectivity index (χ0n) is 17.0. The van der Waals surface area contributed by atoms with E-state index in [9.17, 15) is 9.59 Å². The monoisotopic (exact) mass is 371 g/mol. The highest BCUT2D eigenvalue weighted by atomic mass is 16.2. The molecule has 2 N–H and O–H groups in total.